The van der Waals surface area contributed by atoms with Gasteiger partial charge < -0.3 is 20.0 Å². The van der Waals surface area contributed by atoms with Gasteiger partial charge in [-0.2, -0.15) is 0 Å². The Hall–Kier alpha value is -4.35. The molecule has 5 rings (SSSR count). The Labute approximate surface area is 375 Å². The largest absolute Gasteiger partial charge is 0.481 e. The molecule has 60 heavy (non-hydrogen) atoms. The fraction of sp³-hybridized carbons (Fsp3) is 0.225. The molecule has 0 radical (unpaired) electrons. The molecule has 0 aliphatic carbocycles. The minimum Gasteiger partial charge on any atom is -0.481 e. The number of aromatic nitrogens is 1. The molecule has 0 aliphatic heterocycles. The summed E-state index contributed by atoms with van der Waals surface area (Å²) in [7, 11) is 7.36. The van der Waals surface area contributed by atoms with Gasteiger partial charge in [0, 0.05) is 40.6 Å². The number of nitrogens with zero attached hydrogens (tertiary/aromatic N) is 1. The molecule has 5 aromatic rings. The normalized spacial score (nSPS) is 9.17. The predicted molar refractivity (Wildman–Crippen MR) is 232 cm³/mol. The summed E-state index contributed by atoms with van der Waals surface area (Å²) < 4.78 is 68.9. The average Bonchev–Trinajstić information content (AvgIpc) is 3.61. The molecule has 0 unspecified atom stereocenters. The molecule has 1 heterocycles. The highest BCUT2D eigenvalue weighted by Gasteiger charge is 2.18. The quantitative estimate of drug-likeness (QED) is 0.0739. The van der Waals surface area contributed by atoms with E-state index in [0.717, 1.165) is 16.7 Å². The van der Waals surface area contributed by atoms with Crippen LogP contribution < -0.4 is 5.73 Å². The Balaban J connectivity index is -0.000000337. The summed E-state index contributed by atoms with van der Waals surface area (Å²) in [6, 6.07) is 22.9. The molecule has 0 amide bonds. The predicted octanol–water partition coefficient (Wildman–Crippen LogP) is 10.2. The molecular weight excluding hydrogens is 922 g/mol. The number of carbonyl (C=O) groups is 4. The number of nitrogens with two attached hydrogens (primary N) is 1. The van der Waals surface area contributed by atoms with E-state index in [4.69, 9.17) is 35.8 Å². The van der Waals surface area contributed by atoms with E-state index in [0.29, 0.717) is 17.7 Å². The third-order valence-electron chi connectivity index (χ3n) is 6.45. The van der Waals surface area contributed by atoms with Crippen LogP contribution in [-0.2, 0) is 54.0 Å². The number of halogens is 9. The van der Waals surface area contributed by atoms with Gasteiger partial charge in [-0.05, 0) is 89.3 Å². The van der Waals surface area contributed by atoms with Gasteiger partial charge in [0.05, 0.1) is 19.6 Å². The fourth-order valence-electron chi connectivity index (χ4n) is 3.99. The summed E-state index contributed by atoms with van der Waals surface area (Å²) in [4.78, 5) is 46.8. The topological polar surface area (TPSA) is 167 Å². The Kier molecular flexibility index (Phi) is 36.8. The molecule has 0 saturated carbocycles. The molecule has 0 saturated heterocycles. The number of carbonyl (C=O) groups excluding carboxylic acids is 3. The van der Waals surface area contributed by atoms with Crippen molar-refractivity contribution in [2.24, 2.45) is 5.73 Å². The number of hydrogen-bond donors (Lipinski definition) is 2. The number of benzene rings is 4. The second-order valence-corrected chi connectivity index (χ2v) is 13.7. The number of ether oxygens (including phenoxy) is 1. The van der Waals surface area contributed by atoms with Gasteiger partial charge in [0.15, 0.2) is 17.9 Å². The van der Waals surface area contributed by atoms with Crippen molar-refractivity contribution < 1.29 is 55.2 Å². The van der Waals surface area contributed by atoms with Gasteiger partial charge in [-0.15, -0.1) is 24.8 Å². The number of ketones is 1. The SMILES string of the molecule is C.C.CCOC(=O)c1ncoc1Cc1ccc(F)cc1.Cl.Cl.NCC(=O)Cc1ccc(F)cc1.O=C(Cl)Cc1ccc(F)cc1.O=C(O)Cc1ccc(F)cc1.O=S(Cl)Cl. The van der Waals surface area contributed by atoms with Gasteiger partial charge in [-0.3, -0.25) is 14.4 Å². The zero-order valence-electron chi connectivity index (χ0n) is 30.3. The molecule has 20 heteroatoms. The highest BCUT2D eigenvalue weighted by Crippen LogP contribution is 2.15. The first kappa shape index (κ1) is 62.3. The lowest BCUT2D eigenvalue weighted by Crippen LogP contribution is -2.15. The molecular formula is C40H45Cl5F4N2O8S. The van der Waals surface area contributed by atoms with E-state index >= 15 is 0 Å². The van der Waals surface area contributed by atoms with Crippen LogP contribution in [0.4, 0.5) is 17.6 Å². The Bertz CT molecular complexity index is 1920. The number of hydrogen-bond acceptors (Lipinski definition) is 9. The van der Waals surface area contributed by atoms with Crippen molar-refractivity contribution in [1.29, 1.82) is 0 Å². The Morgan fingerprint density at radius 1 is 0.700 bits per heavy atom. The van der Waals surface area contributed by atoms with Crippen LogP contribution in [0, 0.1) is 23.3 Å². The van der Waals surface area contributed by atoms with Crippen molar-refractivity contribution >= 4 is 90.0 Å². The summed E-state index contributed by atoms with van der Waals surface area (Å²) in [6.07, 6.45) is 1.96. The molecule has 0 atom stereocenters. The lowest BCUT2D eigenvalue weighted by molar-refractivity contribution is -0.136. The van der Waals surface area contributed by atoms with Crippen molar-refractivity contribution in [2.75, 3.05) is 13.2 Å². The van der Waals surface area contributed by atoms with E-state index in [9.17, 15) is 36.7 Å². The number of aliphatic carboxylic acids is 1. The van der Waals surface area contributed by atoms with Crippen LogP contribution in [0.15, 0.2) is 108 Å². The Morgan fingerprint density at radius 3 is 1.38 bits per heavy atom. The number of esters is 1. The molecule has 332 valence electrons. The van der Waals surface area contributed by atoms with E-state index in [1.54, 1.807) is 31.2 Å². The van der Waals surface area contributed by atoms with E-state index in [1.807, 2.05) is 0 Å². The molecule has 0 fully saturated rings. The van der Waals surface area contributed by atoms with Crippen LogP contribution in [0.5, 0.6) is 0 Å². The molecule has 4 aromatic carbocycles. The van der Waals surface area contributed by atoms with E-state index in [-0.39, 0.29) is 107 Å². The molecule has 3 N–H and O–H groups in total. The third-order valence-corrected chi connectivity index (χ3v) is 6.59. The minimum absolute atomic E-state index is 0. The van der Waals surface area contributed by atoms with E-state index in [2.05, 4.69) is 26.3 Å². The van der Waals surface area contributed by atoms with Gasteiger partial charge in [0.2, 0.25) is 14.5 Å². The first-order valence-electron chi connectivity index (χ1n) is 16.0. The first-order chi connectivity index (χ1) is 26.5. The van der Waals surface area contributed by atoms with E-state index in [1.165, 1.54) is 79.2 Å². The van der Waals surface area contributed by atoms with Crippen molar-refractivity contribution in [1.82, 2.24) is 4.98 Å². The van der Waals surface area contributed by atoms with Crippen molar-refractivity contribution in [2.45, 2.75) is 47.5 Å². The number of carboxylic acid groups (broad SMARTS) is 1. The second-order valence-electron chi connectivity index (χ2n) is 10.7. The van der Waals surface area contributed by atoms with Crippen molar-refractivity contribution in [3.63, 3.8) is 0 Å². The lowest BCUT2D eigenvalue weighted by atomic mass is 10.1. The first-order valence-corrected chi connectivity index (χ1v) is 19.1. The minimum atomic E-state index is -1.67. The van der Waals surface area contributed by atoms with Gasteiger partial charge in [-0.1, -0.05) is 63.4 Å². The Morgan fingerprint density at radius 2 is 1.05 bits per heavy atom. The van der Waals surface area contributed by atoms with E-state index < -0.39 is 26.4 Å². The van der Waals surface area contributed by atoms with Crippen molar-refractivity contribution in [3.05, 3.63) is 160 Å². The van der Waals surface area contributed by atoms with Crippen LogP contribution >= 0.6 is 57.8 Å². The van der Waals surface area contributed by atoms with Crippen LogP contribution in [-0.4, -0.2) is 50.4 Å². The number of rotatable bonds is 11. The van der Waals surface area contributed by atoms with Gasteiger partial charge >= 0.3 is 11.9 Å². The summed E-state index contributed by atoms with van der Waals surface area (Å²) >= 11 is 5.12. The summed E-state index contributed by atoms with van der Waals surface area (Å²) in [5.74, 6) is -2.29. The molecule has 0 spiro atoms. The maximum Gasteiger partial charge on any atom is 0.360 e. The van der Waals surface area contributed by atoms with Crippen molar-refractivity contribution in [3.8, 4) is 0 Å². The highest BCUT2D eigenvalue weighted by atomic mass is 36.0. The van der Waals surface area contributed by atoms with Gasteiger partial charge in [0.25, 0.3) is 0 Å². The molecule has 1 aromatic heterocycles. The number of oxazole rings is 1. The summed E-state index contributed by atoms with van der Waals surface area (Å²) in [5.41, 5.74) is 8.26. The zero-order chi connectivity index (χ0) is 42.0. The summed E-state index contributed by atoms with van der Waals surface area (Å²) in [5, 5.41) is 7.91. The monoisotopic (exact) mass is 964 g/mol. The maximum atomic E-state index is 12.8. The molecule has 0 bridgehead atoms. The van der Waals surface area contributed by atoms with Crippen LogP contribution in [0.3, 0.4) is 0 Å². The van der Waals surface area contributed by atoms with Crippen LogP contribution in [0.25, 0.3) is 0 Å². The number of Topliss-reactive ketones (excluding diaryl/α,β-unsaturated/α-hetero) is 1. The maximum absolute atomic E-state index is 12.8. The second kappa shape index (κ2) is 35.4. The summed E-state index contributed by atoms with van der Waals surface area (Å²) in [6.45, 7) is 2.04. The lowest BCUT2D eigenvalue weighted by Gasteiger charge is -2.01. The smallest absolute Gasteiger partial charge is 0.360 e. The van der Waals surface area contributed by atoms with Gasteiger partial charge in [0.1, 0.15) is 29.0 Å². The number of carboxylic acids is 1. The highest BCUT2D eigenvalue weighted by molar-refractivity contribution is 8.26. The standard InChI is InChI=1S/C13H12FNO3.C9H10FNO.C8H6ClFO.C8H7FO2.2CH4.Cl2OS.2ClH/c1-2-17-13(16)12-11(18-8-15-12)7-9-3-5-10(14)6-4-9;10-8-3-1-7(2-4-8)5-9(12)6-11;9-8(11)5-6-1-3-7(10)4-2-6;9-7-3-1-6(2-4-7)5-8(10)11;;;1-4(2)3;;/h3-6,8H,2,7H2,1H3;1-4H,5-6,11H2;1-4H,5H2;1-4H,5H2,(H,10,11);2*1H4;;2*1H. The fourth-order valence-corrected chi connectivity index (χ4v) is 4.15. The molecule has 0 aliphatic rings. The van der Waals surface area contributed by atoms with Gasteiger partial charge in [-0.25, -0.2) is 31.5 Å². The van der Waals surface area contributed by atoms with Crippen LogP contribution in [0.2, 0.25) is 0 Å². The molecule has 10 nitrogen and oxygen atoms in total. The average molecular weight is 967 g/mol. The third kappa shape index (κ3) is 29.8. The zero-order valence-corrected chi connectivity index (χ0v) is 35.0. The van der Waals surface area contributed by atoms with Crippen LogP contribution in [0.1, 0.15) is 60.3 Å².